The molecule has 2 rings (SSSR count). The monoisotopic (exact) mass is 253 g/mol. The first-order chi connectivity index (χ1) is 8.16. The second-order valence-electron chi connectivity index (χ2n) is 3.03. The number of aromatic nitrogens is 2. The number of hydrogen-bond donors (Lipinski definition) is 2. The molecule has 0 spiro atoms. The van der Waals surface area contributed by atoms with Crippen molar-refractivity contribution in [3.63, 3.8) is 0 Å². The maximum absolute atomic E-state index is 11.5. The van der Waals surface area contributed by atoms with Crippen LogP contribution >= 0.6 is 11.3 Å². The van der Waals surface area contributed by atoms with Gasteiger partial charge in [-0.15, -0.1) is 11.3 Å². The van der Waals surface area contributed by atoms with E-state index < -0.39 is 11.9 Å². The molecule has 2 aromatic heterocycles. The van der Waals surface area contributed by atoms with E-state index >= 15 is 0 Å². The van der Waals surface area contributed by atoms with Gasteiger partial charge in [-0.25, -0.2) is 4.79 Å². The van der Waals surface area contributed by atoms with Gasteiger partial charge in [0.25, 0.3) is 5.91 Å². The fourth-order valence-electron chi connectivity index (χ4n) is 1.07. The molecule has 2 N–H and O–H groups in total. The van der Waals surface area contributed by atoms with Crippen LogP contribution in [0, 0.1) is 0 Å². The lowest BCUT2D eigenvalue weighted by atomic mass is 10.3. The first kappa shape index (κ1) is 11.3. The molecule has 0 radical (unpaired) electrons. The van der Waals surface area contributed by atoms with Gasteiger partial charge in [0, 0.05) is 17.1 Å². The highest BCUT2D eigenvalue weighted by atomic mass is 32.1. The molecular weight excluding hydrogens is 246 g/mol. The Bertz CT molecular complexity index is 534. The average molecular weight is 253 g/mol. The highest BCUT2D eigenvalue weighted by Crippen LogP contribution is 2.06. The second kappa shape index (κ2) is 4.74. The van der Waals surface area contributed by atoms with Crippen molar-refractivity contribution in [1.82, 2.24) is 15.5 Å². The summed E-state index contributed by atoms with van der Waals surface area (Å²) >= 11 is 1.41. The molecule has 17 heavy (non-hydrogen) atoms. The molecule has 0 aliphatic rings. The van der Waals surface area contributed by atoms with Crippen molar-refractivity contribution in [3.05, 3.63) is 34.1 Å². The van der Waals surface area contributed by atoms with E-state index in [9.17, 15) is 9.59 Å². The predicted molar refractivity (Wildman–Crippen MR) is 56.7 cm³/mol. The number of hydrogen-bond acceptors (Lipinski definition) is 6. The first-order valence-corrected chi connectivity index (χ1v) is 5.40. The van der Waals surface area contributed by atoms with Gasteiger partial charge in [0.15, 0.2) is 5.69 Å². The lowest BCUT2D eigenvalue weighted by Gasteiger charge is -1.98. The lowest BCUT2D eigenvalue weighted by Crippen LogP contribution is -2.22. The standard InChI is InChI=1S/C9H7N3O4S/c13-8(11-3-5-2-10-4-17-5)6-1-7(9(14)15)16-12-6/h1-2,4H,3H2,(H,11,13)(H,14,15). The summed E-state index contributed by atoms with van der Waals surface area (Å²) in [5.74, 6) is -2.12. The van der Waals surface area contributed by atoms with Crippen LogP contribution in [0.1, 0.15) is 25.9 Å². The van der Waals surface area contributed by atoms with E-state index in [0.29, 0.717) is 6.54 Å². The average Bonchev–Trinajstić information content (AvgIpc) is 2.96. The van der Waals surface area contributed by atoms with Gasteiger partial charge in [-0.1, -0.05) is 5.16 Å². The van der Waals surface area contributed by atoms with Crippen LogP contribution in [0.15, 0.2) is 22.3 Å². The predicted octanol–water partition coefficient (Wildman–Crippen LogP) is 0.759. The van der Waals surface area contributed by atoms with Crippen LogP contribution in [-0.4, -0.2) is 27.1 Å². The summed E-state index contributed by atoms with van der Waals surface area (Å²) in [5.41, 5.74) is 1.59. The lowest BCUT2D eigenvalue weighted by molar-refractivity contribution is 0.0651. The summed E-state index contributed by atoms with van der Waals surface area (Å²) in [7, 11) is 0. The van der Waals surface area contributed by atoms with Gasteiger partial charge in [-0.2, -0.15) is 0 Å². The number of carbonyl (C=O) groups excluding carboxylic acids is 1. The zero-order valence-corrected chi connectivity index (χ0v) is 9.23. The molecule has 88 valence electrons. The van der Waals surface area contributed by atoms with Crippen LogP contribution < -0.4 is 5.32 Å². The molecule has 0 saturated heterocycles. The van der Waals surface area contributed by atoms with Gasteiger partial charge in [-0.3, -0.25) is 9.78 Å². The quantitative estimate of drug-likeness (QED) is 0.833. The van der Waals surface area contributed by atoms with Crippen LogP contribution in [0.4, 0.5) is 0 Å². The van der Waals surface area contributed by atoms with Gasteiger partial charge in [0.2, 0.25) is 5.76 Å². The Balaban J connectivity index is 1.97. The fraction of sp³-hybridized carbons (Fsp3) is 0.111. The first-order valence-electron chi connectivity index (χ1n) is 4.52. The van der Waals surface area contributed by atoms with Gasteiger partial charge in [-0.05, 0) is 0 Å². The van der Waals surface area contributed by atoms with Crippen molar-refractivity contribution in [2.24, 2.45) is 0 Å². The number of amides is 1. The highest BCUT2D eigenvalue weighted by Gasteiger charge is 2.16. The minimum absolute atomic E-state index is 0.0630. The summed E-state index contributed by atoms with van der Waals surface area (Å²) in [6, 6.07) is 1.07. The second-order valence-corrected chi connectivity index (χ2v) is 4.00. The van der Waals surface area contributed by atoms with Crippen molar-refractivity contribution >= 4 is 23.2 Å². The SMILES string of the molecule is O=C(NCc1cncs1)c1cc(C(=O)O)on1. The number of carboxylic acid groups (broad SMARTS) is 1. The van der Waals surface area contributed by atoms with Crippen LogP contribution in [0.2, 0.25) is 0 Å². The molecule has 7 nitrogen and oxygen atoms in total. The Labute approximate surface area is 99.1 Å². The van der Waals surface area contributed by atoms with E-state index in [1.54, 1.807) is 11.7 Å². The number of aromatic carboxylic acids is 1. The third-order valence-electron chi connectivity index (χ3n) is 1.86. The Kier molecular flexibility index (Phi) is 3.15. The fourth-order valence-corrected chi connectivity index (χ4v) is 1.60. The molecule has 1 amide bonds. The van der Waals surface area contributed by atoms with Crippen molar-refractivity contribution in [2.45, 2.75) is 6.54 Å². The summed E-state index contributed by atoms with van der Waals surface area (Å²) < 4.78 is 4.46. The van der Waals surface area contributed by atoms with Crippen molar-refractivity contribution in [1.29, 1.82) is 0 Å². The summed E-state index contributed by atoms with van der Waals surface area (Å²) in [6.45, 7) is 0.318. The van der Waals surface area contributed by atoms with E-state index in [-0.39, 0.29) is 11.5 Å². The zero-order chi connectivity index (χ0) is 12.3. The Morgan fingerprint density at radius 2 is 2.35 bits per heavy atom. The molecule has 0 saturated carbocycles. The molecule has 2 heterocycles. The van der Waals surface area contributed by atoms with E-state index in [0.717, 1.165) is 10.9 Å². The number of thiazole rings is 1. The summed E-state index contributed by atoms with van der Waals surface area (Å²) in [5, 5.41) is 14.5. The van der Waals surface area contributed by atoms with Crippen molar-refractivity contribution in [3.8, 4) is 0 Å². The van der Waals surface area contributed by atoms with E-state index in [1.165, 1.54) is 11.3 Å². The number of nitrogens with one attached hydrogen (secondary N) is 1. The molecule has 0 bridgehead atoms. The van der Waals surface area contributed by atoms with Crippen LogP contribution in [0.5, 0.6) is 0 Å². The molecule has 0 aromatic carbocycles. The summed E-state index contributed by atoms with van der Waals surface area (Å²) in [4.78, 5) is 26.8. The van der Waals surface area contributed by atoms with E-state index in [4.69, 9.17) is 5.11 Å². The zero-order valence-electron chi connectivity index (χ0n) is 8.41. The Morgan fingerprint density at radius 1 is 1.53 bits per heavy atom. The van der Waals surface area contributed by atoms with E-state index in [1.807, 2.05) is 0 Å². The number of rotatable bonds is 4. The molecule has 8 heteroatoms. The minimum Gasteiger partial charge on any atom is -0.475 e. The number of nitrogens with zero attached hydrogens (tertiary/aromatic N) is 2. The number of carboxylic acids is 1. The topological polar surface area (TPSA) is 105 Å². The molecule has 0 fully saturated rings. The minimum atomic E-state index is -1.26. The van der Waals surface area contributed by atoms with Gasteiger partial charge in [0.1, 0.15) is 0 Å². The van der Waals surface area contributed by atoms with E-state index in [2.05, 4.69) is 20.0 Å². The molecule has 0 atom stereocenters. The molecule has 0 unspecified atom stereocenters. The molecule has 0 aliphatic carbocycles. The third-order valence-corrected chi connectivity index (χ3v) is 2.64. The summed E-state index contributed by atoms with van der Waals surface area (Å²) in [6.07, 6.45) is 1.64. The smallest absolute Gasteiger partial charge is 0.374 e. The van der Waals surface area contributed by atoms with Gasteiger partial charge in [0.05, 0.1) is 12.1 Å². The Morgan fingerprint density at radius 3 is 2.94 bits per heavy atom. The highest BCUT2D eigenvalue weighted by molar-refractivity contribution is 7.09. The normalized spacial score (nSPS) is 10.1. The molecule has 0 aliphatic heterocycles. The van der Waals surface area contributed by atoms with Crippen molar-refractivity contribution < 1.29 is 19.2 Å². The maximum atomic E-state index is 11.5. The van der Waals surface area contributed by atoms with Crippen LogP contribution in [0.25, 0.3) is 0 Å². The van der Waals surface area contributed by atoms with Crippen LogP contribution in [0.3, 0.4) is 0 Å². The van der Waals surface area contributed by atoms with Crippen LogP contribution in [-0.2, 0) is 6.54 Å². The van der Waals surface area contributed by atoms with Crippen molar-refractivity contribution in [2.75, 3.05) is 0 Å². The third kappa shape index (κ3) is 2.67. The molecule has 2 aromatic rings. The van der Waals surface area contributed by atoms with Gasteiger partial charge < -0.3 is 14.9 Å². The largest absolute Gasteiger partial charge is 0.475 e. The number of carbonyl (C=O) groups is 2. The maximum Gasteiger partial charge on any atom is 0.374 e. The van der Waals surface area contributed by atoms with Gasteiger partial charge >= 0.3 is 5.97 Å². The Hall–Kier alpha value is -2.22. The molecular formula is C9H7N3O4S.